The average Bonchev–Trinajstić information content (AvgIpc) is 2.28. The zero-order chi connectivity index (χ0) is 13.0. The molecule has 0 aromatic heterocycles. The van der Waals surface area contributed by atoms with E-state index in [2.05, 4.69) is 35.1 Å². The Kier molecular flexibility index (Phi) is 5.43. The number of methoxy groups -OCH3 is 1. The summed E-state index contributed by atoms with van der Waals surface area (Å²) in [7, 11) is 3.44. The molecule has 1 atom stereocenters. The molecule has 0 spiro atoms. The van der Waals surface area contributed by atoms with Crippen LogP contribution in [0.15, 0.2) is 16.6 Å². The van der Waals surface area contributed by atoms with Crippen molar-refractivity contribution in [1.29, 1.82) is 0 Å². The molecular formula is C13H20BrNO2. The van der Waals surface area contributed by atoms with Crippen LogP contribution in [0.5, 0.6) is 5.75 Å². The van der Waals surface area contributed by atoms with Crippen molar-refractivity contribution in [2.75, 3.05) is 20.7 Å². The van der Waals surface area contributed by atoms with E-state index >= 15 is 0 Å². The smallest absolute Gasteiger partial charge is 0.125 e. The molecule has 0 aliphatic rings. The van der Waals surface area contributed by atoms with Gasteiger partial charge in [-0.05, 0) is 30.7 Å². The predicted molar refractivity (Wildman–Crippen MR) is 73.7 cm³/mol. The molecule has 0 fully saturated rings. The van der Waals surface area contributed by atoms with Crippen molar-refractivity contribution < 1.29 is 9.84 Å². The number of ether oxygens (including phenoxy) is 1. The maximum absolute atomic E-state index is 10.0. The number of aliphatic hydroxyl groups excluding tert-OH is 1. The number of nitrogens with one attached hydrogen (secondary N) is 1. The van der Waals surface area contributed by atoms with Crippen molar-refractivity contribution in [3.63, 3.8) is 0 Å². The van der Waals surface area contributed by atoms with E-state index in [9.17, 15) is 5.11 Å². The zero-order valence-electron chi connectivity index (χ0n) is 10.7. The molecule has 1 aromatic carbocycles. The topological polar surface area (TPSA) is 41.5 Å². The Morgan fingerprint density at radius 2 is 2.00 bits per heavy atom. The van der Waals surface area contributed by atoms with Crippen LogP contribution in [0.1, 0.15) is 37.0 Å². The first-order valence-corrected chi connectivity index (χ1v) is 6.50. The molecule has 2 N–H and O–H groups in total. The third-order valence-electron chi connectivity index (χ3n) is 2.73. The van der Waals surface area contributed by atoms with Gasteiger partial charge in [-0.15, -0.1) is 0 Å². The number of aliphatic hydroxyl groups is 1. The van der Waals surface area contributed by atoms with Crippen LogP contribution in [-0.4, -0.2) is 25.8 Å². The maximum Gasteiger partial charge on any atom is 0.125 e. The lowest BCUT2D eigenvalue weighted by atomic mass is 9.98. The molecule has 0 bridgehead atoms. The van der Waals surface area contributed by atoms with E-state index in [4.69, 9.17) is 4.74 Å². The van der Waals surface area contributed by atoms with Gasteiger partial charge in [0.1, 0.15) is 5.75 Å². The first-order chi connectivity index (χ1) is 8.01. The lowest BCUT2D eigenvalue weighted by Crippen LogP contribution is -2.17. The molecule has 0 heterocycles. The van der Waals surface area contributed by atoms with Crippen molar-refractivity contribution in [2.45, 2.75) is 25.9 Å². The molecule has 0 aliphatic heterocycles. The van der Waals surface area contributed by atoms with E-state index in [0.29, 0.717) is 12.5 Å². The van der Waals surface area contributed by atoms with Crippen LogP contribution >= 0.6 is 15.9 Å². The number of benzene rings is 1. The zero-order valence-corrected chi connectivity index (χ0v) is 12.3. The third-order valence-corrected chi connectivity index (χ3v) is 3.41. The molecule has 0 saturated carbocycles. The summed E-state index contributed by atoms with van der Waals surface area (Å²) in [5.74, 6) is 1.15. The van der Waals surface area contributed by atoms with E-state index in [1.165, 1.54) is 5.56 Å². The minimum absolute atomic E-state index is 0.411. The van der Waals surface area contributed by atoms with E-state index in [1.54, 1.807) is 7.11 Å². The Hall–Kier alpha value is -0.580. The molecule has 0 aliphatic carbocycles. The van der Waals surface area contributed by atoms with Crippen LogP contribution in [0, 0.1) is 0 Å². The molecule has 17 heavy (non-hydrogen) atoms. The molecule has 0 amide bonds. The van der Waals surface area contributed by atoms with Gasteiger partial charge in [-0.25, -0.2) is 0 Å². The van der Waals surface area contributed by atoms with Gasteiger partial charge in [0.15, 0.2) is 0 Å². The van der Waals surface area contributed by atoms with Crippen molar-refractivity contribution in [1.82, 2.24) is 5.32 Å². The second-order valence-electron chi connectivity index (χ2n) is 4.34. The molecule has 1 aromatic rings. The second kappa shape index (κ2) is 6.38. The van der Waals surface area contributed by atoms with Crippen LogP contribution in [0.4, 0.5) is 0 Å². The van der Waals surface area contributed by atoms with Crippen LogP contribution in [0.3, 0.4) is 0 Å². The summed E-state index contributed by atoms with van der Waals surface area (Å²) in [5.41, 5.74) is 1.99. The highest BCUT2D eigenvalue weighted by atomic mass is 79.9. The SMILES string of the molecule is CNCC(O)c1cc(Br)c(C(C)C)cc1OC. The van der Waals surface area contributed by atoms with Crippen molar-refractivity contribution in [3.05, 3.63) is 27.7 Å². The minimum Gasteiger partial charge on any atom is -0.496 e. The molecule has 0 radical (unpaired) electrons. The average molecular weight is 302 g/mol. The van der Waals surface area contributed by atoms with Crippen LogP contribution in [0.2, 0.25) is 0 Å². The summed E-state index contributed by atoms with van der Waals surface area (Å²) in [6.45, 7) is 4.76. The Balaban J connectivity index is 3.18. The second-order valence-corrected chi connectivity index (χ2v) is 5.20. The van der Waals surface area contributed by atoms with Gasteiger partial charge in [-0.2, -0.15) is 0 Å². The Morgan fingerprint density at radius 1 is 1.35 bits per heavy atom. The molecule has 1 unspecified atom stereocenters. The fraction of sp³-hybridized carbons (Fsp3) is 0.538. The van der Waals surface area contributed by atoms with Gasteiger partial charge in [0, 0.05) is 16.6 Å². The highest BCUT2D eigenvalue weighted by molar-refractivity contribution is 9.10. The van der Waals surface area contributed by atoms with Crippen LogP contribution in [-0.2, 0) is 0 Å². The van der Waals surface area contributed by atoms with Gasteiger partial charge in [0.2, 0.25) is 0 Å². The van der Waals surface area contributed by atoms with Gasteiger partial charge in [0.05, 0.1) is 13.2 Å². The van der Waals surface area contributed by atoms with Crippen LogP contribution < -0.4 is 10.1 Å². The van der Waals surface area contributed by atoms with Gasteiger partial charge in [-0.3, -0.25) is 0 Å². The van der Waals surface area contributed by atoms with Gasteiger partial charge >= 0.3 is 0 Å². The number of likely N-dealkylation sites (N-methyl/N-ethyl adjacent to an activating group) is 1. The molecule has 0 saturated heterocycles. The first-order valence-electron chi connectivity index (χ1n) is 5.71. The van der Waals surface area contributed by atoms with Crippen LogP contribution in [0.25, 0.3) is 0 Å². The van der Waals surface area contributed by atoms with Gasteiger partial charge < -0.3 is 15.2 Å². The quantitative estimate of drug-likeness (QED) is 0.879. The lowest BCUT2D eigenvalue weighted by Gasteiger charge is -2.18. The first kappa shape index (κ1) is 14.5. The number of rotatable bonds is 5. The van der Waals surface area contributed by atoms with Crippen molar-refractivity contribution >= 4 is 15.9 Å². The highest BCUT2D eigenvalue weighted by Crippen LogP contribution is 2.34. The minimum atomic E-state index is -0.563. The van der Waals surface area contributed by atoms with Gasteiger partial charge in [0.25, 0.3) is 0 Å². The number of hydrogen-bond donors (Lipinski definition) is 2. The van der Waals surface area contributed by atoms with Crippen molar-refractivity contribution in [2.24, 2.45) is 0 Å². The Labute approximate surface area is 111 Å². The third kappa shape index (κ3) is 3.44. The molecule has 1 rings (SSSR count). The molecule has 4 heteroatoms. The summed E-state index contributed by atoms with van der Waals surface area (Å²) in [4.78, 5) is 0. The summed E-state index contributed by atoms with van der Waals surface area (Å²) in [6.07, 6.45) is -0.563. The molecule has 3 nitrogen and oxygen atoms in total. The van der Waals surface area contributed by atoms with E-state index in [1.807, 2.05) is 19.2 Å². The fourth-order valence-corrected chi connectivity index (χ4v) is 2.59. The summed E-state index contributed by atoms with van der Waals surface area (Å²) < 4.78 is 6.36. The van der Waals surface area contributed by atoms with E-state index < -0.39 is 6.10 Å². The van der Waals surface area contributed by atoms with E-state index in [0.717, 1.165) is 15.8 Å². The largest absolute Gasteiger partial charge is 0.496 e. The summed E-state index contributed by atoms with van der Waals surface area (Å²) in [5, 5.41) is 13.0. The Morgan fingerprint density at radius 3 is 2.47 bits per heavy atom. The number of halogens is 1. The Bertz CT molecular complexity index is 380. The monoisotopic (exact) mass is 301 g/mol. The lowest BCUT2D eigenvalue weighted by molar-refractivity contribution is 0.173. The number of hydrogen-bond acceptors (Lipinski definition) is 3. The molecule has 96 valence electrons. The summed E-state index contributed by atoms with van der Waals surface area (Å²) >= 11 is 3.54. The van der Waals surface area contributed by atoms with E-state index in [-0.39, 0.29) is 0 Å². The van der Waals surface area contributed by atoms with Gasteiger partial charge in [-0.1, -0.05) is 29.8 Å². The fourth-order valence-electron chi connectivity index (χ4n) is 1.77. The maximum atomic E-state index is 10.0. The highest BCUT2D eigenvalue weighted by Gasteiger charge is 2.16. The standard InChI is InChI=1S/C13H20BrNO2/c1-8(2)9-6-13(17-4)10(5-11(9)14)12(16)7-15-3/h5-6,8,12,15-16H,7H2,1-4H3. The summed E-state index contributed by atoms with van der Waals surface area (Å²) in [6, 6.07) is 3.93. The van der Waals surface area contributed by atoms with Crippen molar-refractivity contribution in [3.8, 4) is 5.75 Å². The molecular weight excluding hydrogens is 282 g/mol. The predicted octanol–water partition coefficient (Wildman–Crippen LogP) is 2.83. The normalized spacial score (nSPS) is 12.9.